The number of halogens is 2. The quantitative estimate of drug-likeness (QED) is 0.506. The maximum atomic E-state index is 13.9. The van der Waals surface area contributed by atoms with Gasteiger partial charge in [-0.05, 0) is 38.4 Å². The third-order valence-corrected chi connectivity index (χ3v) is 6.70. The molecule has 11 heteroatoms. The van der Waals surface area contributed by atoms with Gasteiger partial charge in [0.25, 0.3) is 11.8 Å². The first-order valence-electron chi connectivity index (χ1n) is 11.5. The van der Waals surface area contributed by atoms with Gasteiger partial charge in [0.2, 0.25) is 5.43 Å². The van der Waals surface area contributed by atoms with E-state index >= 15 is 0 Å². The van der Waals surface area contributed by atoms with Crippen molar-refractivity contribution in [2.75, 3.05) is 33.4 Å². The summed E-state index contributed by atoms with van der Waals surface area (Å²) in [6, 6.07) is 2.95. The number of carbonyl (C=O) groups excluding carboxylic acids is 2. The summed E-state index contributed by atoms with van der Waals surface area (Å²) in [6.07, 6.45) is 3.22. The van der Waals surface area contributed by atoms with Crippen molar-refractivity contribution in [3.63, 3.8) is 0 Å². The molecule has 35 heavy (non-hydrogen) atoms. The first-order valence-corrected chi connectivity index (χ1v) is 11.5. The molecule has 9 nitrogen and oxygen atoms in total. The van der Waals surface area contributed by atoms with Crippen molar-refractivity contribution in [2.45, 2.75) is 37.9 Å². The van der Waals surface area contributed by atoms with E-state index in [0.29, 0.717) is 58.1 Å². The molecular weight excluding hydrogens is 462 g/mol. The molecule has 4 rings (SSSR count). The number of nitrogens with one attached hydrogen (secondary N) is 2. The average molecular weight is 491 g/mol. The molecule has 0 atom stereocenters. The molecule has 3 N–H and O–H groups in total. The summed E-state index contributed by atoms with van der Waals surface area (Å²) < 4.78 is 33.6. The monoisotopic (exact) mass is 490 g/mol. The second-order valence-electron chi connectivity index (χ2n) is 8.89. The van der Waals surface area contributed by atoms with Crippen LogP contribution in [0.3, 0.4) is 0 Å². The van der Waals surface area contributed by atoms with Crippen molar-refractivity contribution in [3.8, 4) is 5.75 Å². The SMILES string of the molecule is COCCCN1C(=O)c2c(O)c(=O)c(C(=O)NCc3ccc(F)cc3F)cn2CC12CCNCC2. The first kappa shape index (κ1) is 24.8. The number of hydrogen-bond donors (Lipinski definition) is 3. The zero-order chi connectivity index (χ0) is 25.2. The third kappa shape index (κ3) is 4.78. The van der Waals surface area contributed by atoms with Gasteiger partial charge in [-0.25, -0.2) is 8.78 Å². The van der Waals surface area contributed by atoms with Gasteiger partial charge in [-0.15, -0.1) is 0 Å². The Kier molecular flexibility index (Phi) is 7.18. The minimum atomic E-state index is -0.986. The Labute approximate surface area is 200 Å². The van der Waals surface area contributed by atoms with E-state index in [0.717, 1.165) is 6.07 Å². The van der Waals surface area contributed by atoms with Crippen LogP contribution in [0.4, 0.5) is 8.78 Å². The van der Waals surface area contributed by atoms with Gasteiger partial charge in [-0.1, -0.05) is 6.07 Å². The first-order chi connectivity index (χ1) is 16.8. The second kappa shape index (κ2) is 10.1. The molecule has 2 aromatic rings. The minimum Gasteiger partial charge on any atom is -0.503 e. The fourth-order valence-corrected chi connectivity index (χ4v) is 4.87. The Morgan fingerprint density at radius 1 is 1.26 bits per heavy atom. The Hall–Kier alpha value is -3.31. The lowest BCUT2D eigenvalue weighted by atomic mass is 9.83. The predicted molar refractivity (Wildman–Crippen MR) is 122 cm³/mol. The van der Waals surface area contributed by atoms with Crippen LogP contribution in [0.1, 0.15) is 45.7 Å². The molecule has 0 unspecified atom stereocenters. The van der Waals surface area contributed by atoms with Crippen LogP contribution >= 0.6 is 0 Å². The van der Waals surface area contributed by atoms with Crippen LogP contribution in [-0.2, 0) is 17.8 Å². The molecule has 1 saturated heterocycles. The number of fused-ring (bicyclic) bond motifs is 1. The number of amides is 2. The van der Waals surface area contributed by atoms with Crippen molar-refractivity contribution < 1.29 is 28.2 Å². The molecule has 2 aliphatic heterocycles. The average Bonchev–Trinajstić information content (AvgIpc) is 2.83. The number of hydrogen-bond acceptors (Lipinski definition) is 6. The van der Waals surface area contributed by atoms with Crippen LogP contribution in [0.2, 0.25) is 0 Å². The molecule has 1 aromatic heterocycles. The highest BCUT2D eigenvalue weighted by atomic mass is 19.1. The summed E-state index contributed by atoms with van der Waals surface area (Å²) >= 11 is 0. The zero-order valence-corrected chi connectivity index (χ0v) is 19.4. The number of rotatable bonds is 7. The fraction of sp³-hybridized carbons (Fsp3) is 0.458. The molecule has 3 heterocycles. The van der Waals surface area contributed by atoms with Gasteiger partial charge in [0.15, 0.2) is 11.4 Å². The molecule has 2 amide bonds. The van der Waals surface area contributed by atoms with Gasteiger partial charge in [-0.2, -0.15) is 0 Å². The van der Waals surface area contributed by atoms with Crippen molar-refractivity contribution >= 4 is 11.8 Å². The largest absolute Gasteiger partial charge is 0.503 e. The number of ether oxygens (including phenoxy) is 1. The smallest absolute Gasteiger partial charge is 0.275 e. The molecule has 1 spiro atoms. The van der Waals surface area contributed by atoms with Crippen LogP contribution in [0.25, 0.3) is 0 Å². The molecule has 0 radical (unpaired) electrons. The minimum absolute atomic E-state index is 0.0394. The molecule has 0 saturated carbocycles. The Balaban J connectivity index is 1.65. The number of benzene rings is 1. The lowest BCUT2D eigenvalue weighted by Gasteiger charge is -2.50. The molecule has 0 aliphatic carbocycles. The second-order valence-corrected chi connectivity index (χ2v) is 8.89. The van der Waals surface area contributed by atoms with Crippen LogP contribution in [0.15, 0.2) is 29.2 Å². The highest BCUT2D eigenvalue weighted by Gasteiger charge is 2.46. The van der Waals surface area contributed by atoms with Gasteiger partial charge in [0.05, 0.1) is 5.54 Å². The summed E-state index contributed by atoms with van der Waals surface area (Å²) in [6.45, 7) is 2.30. The van der Waals surface area contributed by atoms with E-state index in [1.807, 2.05) is 0 Å². The number of nitrogens with zero attached hydrogens (tertiary/aromatic N) is 2. The molecule has 188 valence electrons. The van der Waals surface area contributed by atoms with E-state index in [2.05, 4.69) is 10.6 Å². The van der Waals surface area contributed by atoms with Crippen LogP contribution in [0.5, 0.6) is 5.75 Å². The maximum absolute atomic E-state index is 13.9. The van der Waals surface area contributed by atoms with Gasteiger partial charge in [0.1, 0.15) is 17.2 Å². The topological polar surface area (TPSA) is 113 Å². The van der Waals surface area contributed by atoms with E-state index < -0.39 is 40.2 Å². The number of aromatic nitrogens is 1. The molecule has 2 aliphatic rings. The molecule has 1 aromatic carbocycles. The van der Waals surface area contributed by atoms with E-state index in [1.165, 1.54) is 16.8 Å². The summed E-state index contributed by atoms with van der Waals surface area (Å²) in [4.78, 5) is 40.8. The molecule has 1 fully saturated rings. The van der Waals surface area contributed by atoms with Crippen LogP contribution in [0, 0.1) is 11.6 Å². The predicted octanol–water partition coefficient (Wildman–Crippen LogP) is 1.38. The molecular formula is C24H28F2N4O5. The number of methoxy groups -OCH3 is 1. The fourth-order valence-electron chi connectivity index (χ4n) is 4.87. The number of pyridine rings is 1. The Morgan fingerprint density at radius 2 is 2.00 bits per heavy atom. The van der Waals surface area contributed by atoms with Gasteiger partial charge >= 0.3 is 0 Å². The summed E-state index contributed by atoms with van der Waals surface area (Å²) in [5, 5.41) is 16.4. The van der Waals surface area contributed by atoms with Gasteiger partial charge < -0.3 is 29.9 Å². The summed E-state index contributed by atoms with van der Waals surface area (Å²) in [5.41, 5.74) is -2.00. The third-order valence-electron chi connectivity index (χ3n) is 6.70. The summed E-state index contributed by atoms with van der Waals surface area (Å²) in [7, 11) is 1.58. The normalized spacial score (nSPS) is 16.9. The van der Waals surface area contributed by atoms with Crippen LogP contribution in [-0.4, -0.2) is 65.3 Å². The number of piperidine rings is 1. The van der Waals surface area contributed by atoms with Crippen molar-refractivity contribution in [1.29, 1.82) is 0 Å². The highest BCUT2D eigenvalue weighted by molar-refractivity contribution is 5.99. The summed E-state index contributed by atoms with van der Waals surface area (Å²) in [5.74, 6) is -3.68. The van der Waals surface area contributed by atoms with E-state index in [-0.39, 0.29) is 23.4 Å². The highest BCUT2D eigenvalue weighted by Crippen LogP contribution is 2.36. The van der Waals surface area contributed by atoms with Gasteiger partial charge in [-0.3, -0.25) is 14.4 Å². The van der Waals surface area contributed by atoms with E-state index in [1.54, 1.807) is 12.0 Å². The number of carbonyl (C=O) groups is 2. The Morgan fingerprint density at radius 3 is 2.69 bits per heavy atom. The van der Waals surface area contributed by atoms with E-state index in [4.69, 9.17) is 4.74 Å². The lowest BCUT2D eigenvalue weighted by Crippen LogP contribution is -2.62. The maximum Gasteiger partial charge on any atom is 0.275 e. The van der Waals surface area contributed by atoms with Crippen molar-refractivity contribution in [2.24, 2.45) is 0 Å². The standard InChI is InChI=1S/C24H28F2N4O5/c1-35-10-2-9-30-23(34)19-21(32)20(31)17(13-29(19)14-24(30)5-7-27-8-6-24)22(33)28-12-15-3-4-16(25)11-18(15)26/h3-4,11,13,27,32H,2,5-10,12,14H2,1H3,(H,28,33). The Bertz CT molecular complexity index is 1190. The number of aromatic hydroxyl groups is 1. The lowest BCUT2D eigenvalue weighted by molar-refractivity contribution is 0.0135. The van der Waals surface area contributed by atoms with Gasteiger partial charge in [0, 0.05) is 51.2 Å². The van der Waals surface area contributed by atoms with Crippen molar-refractivity contribution in [3.05, 3.63) is 63.1 Å². The zero-order valence-electron chi connectivity index (χ0n) is 19.4. The molecule has 0 bridgehead atoms. The van der Waals surface area contributed by atoms with E-state index in [9.17, 15) is 28.3 Å². The van der Waals surface area contributed by atoms with Crippen molar-refractivity contribution in [1.82, 2.24) is 20.1 Å². The van der Waals surface area contributed by atoms with Crippen LogP contribution < -0.4 is 16.1 Å².